The van der Waals surface area contributed by atoms with Gasteiger partial charge in [0.2, 0.25) is 0 Å². The molecule has 3 fully saturated rings. The van der Waals surface area contributed by atoms with Gasteiger partial charge < -0.3 is 24.8 Å². The molecule has 2 N–H and O–H groups in total. The molecule has 114 valence electrons. The molecule has 20 heavy (non-hydrogen) atoms. The van der Waals surface area contributed by atoms with E-state index in [1.807, 2.05) is 0 Å². The minimum absolute atomic E-state index is 0.0370. The van der Waals surface area contributed by atoms with Crippen molar-refractivity contribution < 1.29 is 14.2 Å². The average molecular weight is 300 g/mol. The van der Waals surface area contributed by atoms with Gasteiger partial charge >= 0.3 is 0 Å². The maximum atomic E-state index is 5.78. The monoisotopic (exact) mass is 300 g/mol. The molecule has 3 rings (SSSR count). The lowest BCUT2D eigenvalue weighted by molar-refractivity contribution is -0.00799. The summed E-state index contributed by atoms with van der Waals surface area (Å²) in [5.41, 5.74) is 0. The Morgan fingerprint density at radius 2 is 1.80 bits per heavy atom. The molecule has 1 aliphatic carbocycles. The second-order valence-electron chi connectivity index (χ2n) is 5.93. The van der Waals surface area contributed by atoms with Gasteiger partial charge in [0.1, 0.15) is 18.3 Å². The van der Waals surface area contributed by atoms with Crippen molar-refractivity contribution in [3.8, 4) is 0 Å². The largest absolute Gasteiger partial charge is 0.376 e. The summed E-state index contributed by atoms with van der Waals surface area (Å²) in [5.74, 6) is 0. The molecule has 0 aromatic heterocycles. The molecular weight excluding hydrogens is 276 g/mol. The molecule has 0 spiro atoms. The van der Waals surface area contributed by atoms with Crippen LogP contribution in [0, 0.1) is 0 Å². The van der Waals surface area contributed by atoms with Gasteiger partial charge in [-0.1, -0.05) is 19.3 Å². The minimum atomic E-state index is 0.0370. The normalized spacial score (nSPS) is 37.6. The molecule has 2 aliphatic heterocycles. The Balaban J connectivity index is 1.47. The molecule has 1 saturated carbocycles. The molecule has 2 saturated heterocycles. The van der Waals surface area contributed by atoms with E-state index in [-0.39, 0.29) is 24.4 Å². The Labute approximate surface area is 125 Å². The van der Waals surface area contributed by atoms with E-state index in [0.29, 0.717) is 19.3 Å². The van der Waals surface area contributed by atoms with Crippen LogP contribution in [0.15, 0.2) is 0 Å². The van der Waals surface area contributed by atoms with E-state index in [2.05, 4.69) is 10.6 Å². The lowest BCUT2D eigenvalue weighted by Crippen LogP contribution is -2.50. The van der Waals surface area contributed by atoms with Crippen LogP contribution in [-0.2, 0) is 14.2 Å². The van der Waals surface area contributed by atoms with Crippen LogP contribution in [0.4, 0.5) is 0 Å². The Bertz CT molecular complexity index is 349. The van der Waals surface area contributed by atoms with Crippen molar-refractivity contribution in [2.45, 2.75) is 62.5 Å². The number of hydrogen-bond donors (Lipinski definition) is 2. The zero-order valence-corrected chi connectivity index (χ0v) is 12.8. The number of rotatable bonds is 3. The van der Waals surface area contributed by atoms with Crippen molar-refractivity contribution in [3.05, 3.63) is 0 Å². The van der Waals surface area contributed by atoms with Gasteiger partial charge in [0.25, 0.3) is 0 Å². The van der Waals surface area contributed by atoms with E-state index in [1.54, 1.807) is 7.11 Å². The van der Waals surface area contributed by atoms with Gasteiger partial charge in [0.05, 0.1) is 19.3 Å². The van der Waals surface area contributed by atoms with Gasteiger partial charge in [-0.05, 0) is 25.1 Å². The van der Waals surface area contributed by atoms with E-state index < -0.39 is 0 Å². The van der Waals surface area contributed by atoms with Gasteiger partial charge in [-0.2, -0.15) is 0 Å². The first-order valence-corrected chi connectivity index (χ1v) is 8.02. The van der Waals surface area contributed by atoms with Gasteiger partial charge in [-0.3, -0.25) is 0 Å². The van der Waals surface area contributed by atoms with Crippen molar-refractivity contribution in [2.24, 2.45) is 0 Å². The van der Waals surface area contributed by atoms with Crippen LogP contribution in [-0.4, -0.2) is 55.8 Å². The fourth-order valence-electron chi connectivity index (χ4n) is 3.43. The molecule has 2 heterocycles. The highest BCUT2D eigenvalue weighted by molar-refractivity contribution is 7.80. The fourth-order valence-corrected chi connectivity index (χ4v) is 3.75. The smallest absolute Gasteiger partial charge is 0.166 e. The third kappa shape index (κ3) is 3.08. The Morgan fingerprint density at radius 1 is 1.05 bits per heavy atom. The summed E-state index contributed by atoms with van der Waals surface area (Å²) in [5, 5.41) is 7.52. The van der Waals surface area contributed by atoms with E-state index in [4.69, 9.17) is 26.4 Å². The zero-order valence-electron chi connectivity index (χ0n) is 12.0. The quantitative estimate of drug-likeness (QED) is 0.758. The minimum Gasteiger partial charge on any atom is -0.376 e. The van der Waals surface area contributed by atoms with Crippen LogP contribution in [0.25, 0.3) is 0 Å². The highest BCUT2D eigenvalue weighted by atomic mass is 32.1. The summed E-state index contributed by atoms with van der Waals surface area (Å²) >= 11 is 5.42. The number of ether oxygens (including phenoxy) is 3. The summed E-state index contributed by atoms with van der Waals surface area (Å²) in [6, 6.07) is 0.654. The van der Waals surface area contributed by atoms with Gasteiger partial charge in [-0.15, -0.1) is 0 Å². The molecule has 5 nitrogen and oxygen atoms in total. The van der Waals surface area contributed by atoms with E-state index >= 15 is 0 Å². The second kappa shape index (κ2) is 6.56. The lowest BCUT2D eigenvalue weighted by atomic mass is 9.96. The predicted octanol–water partition coefficient (Wildman–Crippen LogP) is 0.964. The van der Waals surface area contributed by atoms with Crippen LogP contribution < -0.4 is 10.6 Å². The van der Waals surface area contributed by atoms with Crippen LogP contribution in [0.1, 0.15) is 32.1 Å². The van der Waals surface area contributed by atoms with Crippen LogP contribution in [0.5, 0.6) is 0 Å². The number of nitrogens with one attached hydrogen (secondary N) is 2. The van der Waals surface area contributed by atoms with Crippen LogP contribution in [0.3, 0.4) is 0 Å². The molecule has 0 radical (unpaired) electrons. The summed E-state index contributed by atoms with van der Waals surface area (Å²) < 4.78 is 16.9. The van der Waals surface area contributed by atoms with E-state index in [9.17, 15) is 0 Å². The summed E-state index contributed by atoms with van der Waals surface area (Å²) in [7, 11) is 1.70. The number of fused-ring (bicyclic) bond motifs is 1. The number of hydrogen-bond acceptors (Lipinski definition) is 4. The number of thiocarbonyl (C=S) groups is 1. The number of methoxy groups -OCH3 is 1. The highest BCUT2D eigenvalue weighted by Gasteiger charge is 2.48. The van der Waals surface area contributed by atoms with Crippen molar-refractivity contribution in [2.75, 3.05) is 20.3 Å². The zero-order chi connectivity index (χ0) is 13.9. The standard InChI is InChI=1S/C14H24N2O3S/c1-17-11-8-19-12-10(7-18-13(11)12)16-14(20)15-9-5-3-2-4-6-9/h9-13H,2-8H2,1H3,(H2,15,16,20)/t10-,11+,12+,13+/m0/s1. The lowest BCUT2D eigenvalue weighted by Gasteiger charge is -2.26. The van der Waals surface area contributed by atoms with E-state index in [1.165, 1.54) is 32.1 Å². The van der Waals surface area contributed by atoms with Gasteiger partial charge in [0.15, 0.2) is 5.11 Å². The summed E-state index contributed by atoms with van der Waals surface area (Å²) in [4.78, 5) is 0. The molecule has 0 bridgehead atoms. The molecule has 0 unspecified atom stereocenters. The first-order chi connectivity index (χ1) is 9.78. The van der Waals surface area contributed by atoms with Crippen molar-refractivity contribution in [1.29, 1.82) is 0 Å². The SMILES string of the molecule is CO[C@@H]1CO[C@H]2[C@@H]1OC[C@@H]2NC(=S)NC1CCCCC1. The summed E-state index contributed by atoms with van der Waals surface area (Å²) in [6.45, 7) is 1.23. The molecule has 0 amide bonds. The van der Waals surface area contributed by atoms with Crippen molar-refractivity contribution in [1.82, 2.24) is 10.6 Å². The van der Waals surface area contributed by atoms with Crippen LogP contribution >= 0.6 is 12.2 Å². The molecule has 0 aromatic rings. The highest BCUT2D eigenvalue weighted by Crippen LogP contribution is 2.28. The second-order valence-corrected chi connectivity index (χ2v) is 6.34. The Hall–Kier alpha value is -0.430. The molecule has 3 aliphatic rings. The molecular formula is C14H24N2O3S. The first kappa shape index (κ1) is 14.5. The van der Waals surface area contributed by atoms with E-state index in [0.717, 1.165) is 5.11 Å². The first-order valence-electron chi connectivity index (χ1n) is 7.61. The molecule has 4 atom stereocenters. The third-order valence-corrected chi connectivity index (χ3v) is 4.80. The fraction of sp³-hybridized carbons (Fsp3) is 0.929. The topological polar surface area (TPSA) is 51.8 Å². The maximum Gasteiger partial charge on any atom is 0.166 e. The predicted molar refractivity (Wildman–Crippen MR) is 79.8 cm³/mol. The molecule has 0 aromatic carbocycles. The van der Waals surface area contributed by atoms with Crippen molar-refractivity contribution >= 4 is 17.3 Å². The third-order valence-electron chi connectivity index (χ3n) is 4.57. The molecule has 6 heteroatoms. The van der Waals surface area contributed by atoms with Crippen LogP contribution in [0.2, 0.25) is 0 Å². The van der Waals surface area contributed by atoms with Crippen molar-refractivity contribution in [3.63, 3.8) is 0 Å². The summed E-state index contributed by atoms with van der Waals surface area (Å²) in [6.07, 6.45) is 6.53. The van der Waals surface area contributed by atoms with Gasteiger partial charge in [-0.25, -0.2) is 0 Å². The maximum absolute atomic E-state index is 5.78. The Morgan fingerprint density at radius 3 is 2.55 bits per heavy atom. The van der Waals surface area contributed by atoms with Gasteiger partial charge in [0, 0.05) is 13.2 Å². The average Bonchev–Trinajstić information content (AvgIpc) is 3.02. The Kier molecular flexibility index (Phi) is 4.75.